The zero-order valence-electron chi connectivity index (χ0n) is 20.3. The standard InChI is InChI=1S/C35H25Br/c1-35(2)31-19-24(22-11-5-3-6-12-22)17-18-25(31)28-20-30-29(21-32(28)35)33(23-13-7-4-8-14-23)26-15-9-10-16-27(26)34(30)36/h3-21H,1-2H3. The molecule has 0 saturated carbocycles. The lowest BCUT2D eigenvalue weighted by Crippen LogP contribution is -2.15. The van der Waals surface area contributed by atoms with Gasteiger partial charge in [0.05, 0.1) is 0 Å². The quantitative estimate of drug-likeness (QED) is 0.197. The molecule has 0 spiro atoms. The molecular formula is C35H25Br. The van der Waals surface area contributed by atoms with Crippen LogP contribution in [0.1, 0.15) is 25.0 Å². The van der Waals surface area contributed by atoms with Gasteiger partial charge in [-0.05, 0) is 100 Å². The molecular weight excluding hydrogens is 500 g/mol. The molecule has 0 aliphatic heterocycles. The van der Waals surface area contributed by atoms with Gasteiger partial charge in [-0.15, -0.1) is 0 Å². The maximum absolute atomic E-state index is 4.01. The fraction of sp³-hybridized carbons (Fsp3) is 0.0857. The van der Waals surface area contributed by atoms with Crippen LogP contribution in [-0.4, -0.2) is 0 Å². The van der Waals surface area contributed by atoms with E-state index < -0.39 is 0 Å². The van der Waals surface area contributed by atoms with Crippen LogP contribution in [0.4, 0.5) is 0 Å². The highest BCUT2D eigenvalue weighted by Crippen LogP contribution is 2.53. The lowest BCUT2D eigenvalue weighted by atomic mass is 9.80. The fourth-order valence-corrected chi connectivity index (χ4v) is 6.75. The second kappa shape index (κ2) is 7.91. The van der Waals surface area contributed by atoms with E-state index in [2.05, 4.69) is 145 Å². The van der Waals surface area contributed by atoms with E-state index in [1.54, 1.807) is 0 Å². The van der Waals surface area contributed by atoms with Crippen molar-refractivity contribution in [1.29, 1.82) is 0 Å². The summed E-state index contributed by atoms with van der Waals surface area (Å²) in [6, 6.07) is 42.1. The zero-order chi connectivity index (χ0) is 24.4. The normalized spacial score (nSPS) is 13.6. The van der Waals surface area contributed by atoms with Crippen molar-refractivity contribution >= 4 is 37.5 Å². The van der Waals surface area contributed by atoms with E-state index in [-0.39, 0.29) is 5.41 Å². The lowest BCUT2D eigenvalue weighted by Gasteiger charge is -2.23. The summed E-state index contributed by atoms with van der Waals surface area (Å²) in [5, 5.41) is 5.10. The molecule has 0 heterocycles. The van der Waals surface area contributed by atoms with E-state index in [4.69, 9.17) is 0 Å². The van der Waals surface area contributed by atoms with Crippen molar-refractivity contribution in [2.24, 2.45) is 0 Å². The summed E-state index contributed by atoms with van der Waals surface area (Å²) in [4.78, 5) is 0. The van der Waals surface area contributed by atoms with Crippen LogP contribution in [0, 0.1) is 0 Å². The van der Waals surface area contributed by atoms with E-state index in [1.807, 2.05) is 0 Å². The predicted octanol–water partition coefficient (Wildman–Crippen LogP) is 10.4. The topological polar surface area (TPSA) is 0 Å². The molecule has 0 fully saturated rings. The van der Waals surface area contributed by atoms with Gasteiger partial charge in [-0.3, -0.25) is 0 Å². The molecule has 0 nitrogen and oxygen atoms in total. The van der Waals surface area contributed by atoms with Crippen LogP contribution in [0.15, 0.2) is 120 Å². The van der Waals surface area contributed by atoms with E-state index in [0.29, 0.717) is 0 Å². The Morgan fingerprint density at radius 3 is 1.81 bits per heavy atom. The smallest absolute Gasteiger partial charge is 0.0332 e. The van der Waals surface area contributed by atoms with Crippen LogP contribution < -0.4 is 0 Å². The molecule has 0 atom stereocenters. The first-order valence-electron chi connectivity index (χ1n) is 12.5. The van der Waals surface area contributed by atoms with Gasteiger partial charge in [0.1, 0.15) is 0 Å². The third-order valence-electron chi connectivity index (χ3n) is 7.92. The van der Waals surface area contributed by atoms with E-state index in [9.17, 15) is 0 Å². The number of hydrogen-bond donors (Lipinski definition) is 0. The molecule has 0 amide bonds. The molecule has 172 valence electrons. The van der Waals surface area contributed by atoms with Gasteiger partial charge >= 0.3 is 0 Å². The first-order valence-corrected chi connectivity index (χ1v) is 13.3. The molecule has 0 N–H and O–H groups in total. The van der Waals surface area contributed by atoms with Gasteiger partial charge in [0.25, 0.3) is 0 Å². The van der Waals surface area contributed by atoms with Crippen LogP contribution in [0.3, 0.4) is 0 Å². The van der Waals surface area contributed by atoms with Crippen LogP contribution in [0.25, 0.3) is 54.9 Å². The molecule has 1 heteroatoms. The highest BCUT2D eigenvalue weighted by Gasteiger charge is 2.36. The summed E-state index contributed by atoms with van der Waals surface area (Å²) in [5.41, 5.74) is 10.5. The number of benzene rings is 6. The average molecular weight is 525 g/mol. The number of rotatable bonds is 2. The van der Waals surface area contributed by atoms with Gasteiger partial charge in [0.2, 0.25) is 0 Å². The minimum atomic E-state index is -0.0876. The van der Waals surface area contributed by atoms with Crippen molar-refractivity contribution in [3.8, 4) is 33.4 Å². The van der Waals surface area contributed by atoms with Gasteiger partial charge in [-0.25, -0.2) is 0 Å². The fourth-order valence-electron chi connectivity index (χ4n) is 6.08. The van der Waals surface area contributed by atoms with Crippen LogP contribution >= 0.6 is 15.9 Å². The van der Waals surface area contributed by atoms with E-state index in [1.165, 1.54) is 70.5 Å². The zero-order valence-corrected chi connectivity index (χ0v) is 21.9. The Hall–Kier alpha value is -3.68. The van der Waals surface area contributed by atoms with Crippen molar-refractivity contribution < 1.29 is 0 Å². The van der Waals surface area contributed by atoms with Crippen molar-refractivity contribution in [3.63, 3.8) is 0 Å². The van der Waals surface area contributed by atoms with Gasteiger partial charge in [-0.1, -0.05) is 111 Å². The van der Waals surface area contributed by atoms with E-state index in [0.717, 1.165) is 0 Å². The third kappa shape index (κ3) is 3.06. The van der Waals surface area contributed by atoms with Crippen molar-refractivity contribution in [2.45, 2.75) is 19.3 Å². The summed E-state index contributed by atoms with van der Waals surface area (Å²) < 4.78 is 1.17. The monoisotopic (exact) mass is 524 g/mol. The van der Waals surface area contributed by atoms with E-state index >= 15 is 0 Å². The highest BCUT2D eigenvalue weighted by atomic mass is 79.9. The first-order chi connectivity index (χ1) is 17.5. The van der Waals surface area contributed by atoms with Gasteiger partial charge in [-0.2, -0.15) is 0 Å². The summed E-state index contributed by atoms with van der Waals surface area (Å²) in [5.74, 6) is 0. The Kier molecular flexibility index (Phi) is 4.75. The molecule has 6 aromatic carbocycles. The maximum atomic E-state index is 4.01. The average Bonchev–Trinajstić information content (AvgIpc) is 3.15. The Labute approximate surface area is 220 Å². The highest BCUT2D eigenvalue weighted by molar-refractivity contribution is 9.10. The predicted molar refractivity (Wildman–Crippen MR) is 158 cm³/mol. The Bertz CT molecular complexity index is 1790. The summed E-state index contributed by atoms with van der Waals surface area (Å²) in [6.45, 7) is 4.74. The number of fused-ring (bicyclic) bond motifs is 5. The third-order valence-corrected chi connectivity index (χ3v) is 8.78. The Balaban J connectivity index is 1.55. The molecule has 0 saturated heterocycles. The van der Waals surface area contributed by atoms with Crippen molar-refractivity contribution in [1.82, 2.24) is 0 Å². The molecule has 6 aromatic rings. The molecule has 0 bridgehead atoms. The second-order valence-electron chi connectivity index (χ2n) is 10.3. The van der Waals surface area contributed by atoms with Crippen LogP contribution in [0.2, 0.25) is 0 Å². The summed E-state index contributed by atoms with van der Waals surface area (Å²) in [6.07, 6.45) is 0. The second-order valence-corrected chi connectivity index (χ2v) is 11.1. The summed E-state index contributed by atoms with van der Waals surface area (Å²) in [7, 11) is 0. The minimum Gasteiger partial charge on any atom is -0.0622 e. The molecule has 1 aliphatic carbocycles. The van der Waals surface area contributed by atoms with Gasteiger partial charge < -0.3 is 0 Å². The van der Waals surface area contributed by atoms with Crippen LogP contribution in [-0.2, 0) is 5.41 Å². The molecule has 7 rings (SSSR count). The summed E-state index contributed by atoms with van der Waals surface area (Å²) >= 11 is 4.01. The number of hydrogen-bond acceptors (Lipinski definition) is 0. The number of halogens is 1. The lowest BCUT2D eigenvalue weighted by molar-refractivity contribution is 0.661. The van der Waals surface area contributed by atoms with Crippen LogP contribution in [0.5, 0.6) is 0 Å². The first kappa shape index (κ1) is 21.6. The minimum absolute atomic E-state index is 0.0876. The van der Waals surface area contributed by atoms with Crippen molar-refractivity contribution in [2.75, 3.05) is 0 Å². The molecule has 36 heavy (non-hydrogen) atoms. The maximum Gasteiger partial charge on any atom is 0.0332 e. The Morgan fingerprint density at radius 1 is 0.472 bits per heavy atom. The SMILES string of the molecule is CC1(C)c2cc(-c3ccccc3)ccc2-c2cc3c(Br)c4ccccc4c(-c4ccccc4)c3cc21. The van der Waals surface area contributed by atoms with Crippen molar-refractivity contribution in [3.05, 3.63) is 131 Å². The molecule has 0 unspecified atom stereocenters. The Morgan fingerprint density at radius 2 is 1.08 bits per heavy atom. The molecule has 0 radical (unpaired) electrons. The molecule has 0 aromatic heterocycles. The van der Waals surface area contributed by atoms with Gasteiger partial charge in [0.15, 0.2) is 0 Å². The molecule has 1 aliphatic rings. The largest absolute Gasteiger partial charge is 0.0622 e. The van der Waals surface area contributed by atoms with Gasteiger partial charge in [0, 0.05) is 9.89 Å².